The Morgan fingerprint density at radius 1 is 1.22 bits per heavy atom. The van der Waals surface area contributed by atoms with E-state index < -0.39 is 0 Å². The van der Waals surface area contributed by atoms with Gasteiger partial charge in [-0.15, -0.1) is 0 Å². The molecule has 0 aromatic heterocycles. The lowest BCUT2D eigenvalue weighted by atomic mass is 9.99. The van der Waals surface area contributed by atoms with Crippen LogP contribution in [0.15, 0.2) is 28.7 Å². The number of hydrogen-bond donors (Lipinski definition) is 1. The molecular weight excluding hydrogens is 292 g/mol. The van der Waals surface area contributed by atoms with E-state index in [4.69, 9.17) is 16.3 Å². The van der Waals surface area contributed by atoms with E-state index in [1.807, 2.05) is 31.2 Å². The van der Waals surface area contributed by atoms with Gasteiger partial charge in [-0.3, -0.25) is 4.90 Å². The van der Waals surface area contributed by atoms with Gasteiger partial charge < -0.3 is 5.73 Å². The first kappa shape index (κ1) is 14.7. The topological polar surface area (TPSA) is 76.8 Å². The van der Waals surface area contributed by atoms with Crippen molar-refractivity contribution >= 4 is 15.9 Å². The van der Waals surface area contributed by atoms with Gasteiger partial charge >= 0.3 is 0 Å². The summed E-state index contributed by atoms with van der Waals surface area (Å²) in [6, 6.07) is 11.7. The molecule has 0 aliphatic rings. The highest BCUT2D eigenvalue weighted by Gasteiger charge is 2.23. The molecule has 0 spiro atoms. The SMILES string of the molecule is CC(N)C(c1ccc(Br)cc1)N(CC#N)CC#N. The van der Waals surface area contributed by atoms with Crippen molar-refractivity contribution in [1.29, 1.82) is 10.5 Å². The summed E-state index contributed by atoms with van der Waals surface area (Å²) in [6.07, 6.45) is 0. The van der Waals surface area contributed by atoms with E-state index in [9.17, 15) is 0 Å². The minimum absolute atomic E-state index is 0.127. The molecule has 94 valence electrons. The molecule has 0 saturated carbocycles. The number of hydrogen-bond acceptors (Lipinski definition) is 4. The van der Waals surface area contributed by atoms with Crippen LogP contribution in [0.3, 0.4) is 0 Å². The van der Waals surface area contributed by atoms with E-state index in [1.54, 1.807) is 4.90 Å². The number of nitrogens with two attached hydrogens (primary N) is 1. The molecule has 0 aliphatic heterocycles. The third kappa shape index (κ3) is 3.82. The molecule has 4 nitrogen and oxygen atoms in total. The monoisotopic (exact) mass is 306 g/mol. The maximum atomic E-state index is 8.84. The Balaban J connectivity index is 3.04. The molecule has 0 radical (unpaired) electrons. The second-order valence-corrected chi connectivity index (χ2v) is 4.99. The van der Waals surface area contributed by atoms with E-state index in [1.165, 1.54) is 0 Å². The summed E-state index contributed by atoms with van der Waals surface area (Å²) in [7, 11) is 0. The van der Waals surface area contributed by atoms with E-state index in [-0.39, 0.29) is 25.2 Å². The maximum Gasteiger partial charge on any atom is 0.0879 e. The summed E-state index contributed by atoms with van der Waals surface area (Å²) >= 11 is 3.38. The van der Waals surface area contributed by atoms with Gasteiger partial charge in [0.25, 0.3) is 0 Å². The van der Waals surface area contributed by atoms with Crippen LogP contribution in [0.1, 0.15) is 18.5 Å². The first-order valence-corrected chi connectivity index (χ1v) is 6.38. The van der Waals surface area contributed by atoms with Gasteiger partial charge in [0, 0.05) is 10.5 Å². The van der Waals surface area contributed by atoms with Crippen LogP contribution in [0.25, 0.3) is 0 Å². The smallest absolute Gasteiger partial charge is 0.0879 e. The lowest BCUT2D eigenvalue weighted by Crippen LogP contribution is -2.40. The second kappa shape index (κ2) is 7.13. The largest absolute Gasteiger partial charge is 0.326 e. The van der Waals surface area contributed by atoms with E-state index in [0.717, 1.165) is 10.0 Å². The van der Waals surface area contributed by atoms with Crippen molar-refractivity contribution < 1.29 is 0 Å². The van der Waals surface area contributed by atoms with Crippen LogP contribution in [0.2, 0.25) is 0 Å². The Labute approximate surface area is 116 Å². The first-order chi connectivity index (χ1) is 8.60. The molecule has 18 heavy (non-hydrogen) atoms. The molecule has 0 fully saturated rings. The zero-order valence-electron chi connectivity index (χ0n) is 10.2. The van der Waals surface area contributed by atoms with Gasteiger partial charge in [-0.1, -0.05) is 28.1 Å². The zero-order valence-corrected chi connectivity index (χ0v) is 11.8. The molecule has 1 aromatic carbocycles. The van der Waals surface area contributed by atoms with Gasteiger partial charge in [-0.2, -0.15) is 10.5 Å². The van der Waals surface area contributed by atoms with Crippen LogP contribution < -0.4 is 5.73 Å². The molecule has 1 rings (SSSR count). The Bertz CT molecular complexity index is 439. The fraction of sp³-hybridized carbons (Fsp3) is 0.385. The van der Waals surface area contributed by atoms with Crippen molar-refractivity contribution in [3.63, 3.8) is 0 Å². The van der Waals surface area contributed by atoms with Crippen molar-refractivity contribution in [2.75, 3.05) is 13.1 Å². The van der Waals surface area contributed by atoms with Crippen LogP contribution >= 0.6 is 15.9 Å². The fourth-order valence-electron chi connectivity index (χ4n) is 1.94. The van der Waals surface area contributed by atoms with Crippen molar-refractivity contribution in [3.8, 4) is 12.1 Å². The minimum Gasteiger partial charge on any atom is -0.326 e. The average molecular weight is 307 g/mol. The quantitative estimate of drug-likeness (QED) is 0.846. The van der Waals surface area contributed by atoms with Crippen LogP contribution in [0.4, 0.5) is 0 Å². The highest BCUT2D eigenvalue weighted by Crippen LogP contribution is 2.24. The number of nitrogens with zero attached hydrogens (tertiary/aromatic N) is 3. The van der Waals surface area contributed by atoms with Crippen LogP contribution in [-0.2, 0) is 0 Å². The van der Waals surface area contributed by atoms with Crippen molar-refractivity contribution in [2.24, 2.45) is 5.73 Å². The van der Waals surface area contributed by atoms with Gasteiger partial charge in [0.1, 0.15) is 0 Å². The standard InChI is InChI=1S/C13H15BrN4/c1-10(17)13(18(8-6-15)9-7-16)11-2-4-12(14)5-3-11/h2-5,10,13H,8-9,17H2,1H3. The second-order valence-electron chi connectivity index (χ2n) is 4.08. The lowest BCUT2D eigenvalue weighted by molar-refractivity contribution is 0.222. The number of nitriles is 2. The van der Waals surface area contributed by atoms with Gasteiger partial charge in [-0.05, 0) is 24.6 Å². The Morgan fingerprint density at radius 2 is 1.72 bits per heavy atom. The molecule has 5 heteroatoms. The zero-order chi connectivity index (χ0) is 13.5. The number of benzene rings is 1. The summed E-state index contributed by atoms with van der Waals surface area (Å²) in [4.78, 5) is 1.79. The maximum absolute atomic E-state index is 8.84. The molecule has 0 bridgehead atoms. The summed E-state index contributed by atoms with van der Waals surface area (Å²) in [5.74, 6) is 0. The van der Waals surface area contributed by atoms with Gasteiger partial charge in [0.05, 0.1) is 31.3 Å². The molecule has 2 N–H and O–H groups in total. The van der Waals surface area contributed by atoms with E-state index in [2.05, 4.69) is 28.1 Å². The Hall–Kier alpha value is -1.40. The third-order valence-electron chi connectivity index (χ3n) is 2.65. The molecule has 2 unspecified atom stereocenters. The van der Waals surface area contributed by atoms with E-state index >= 15 is 0 Å². The Morgan fingerprint density at radius 3 is 2.11 bits per heavy atom. The summed E-state index contributed by atoms with van der Waals surface area (Å²) < 4.78 is 0.988. The Kier molecular flexibility index (Phi) is 5.80. The van der Waals surface area contributed by atoms with Crippen LogP contribution in [-0.4, -0.2) is 24.0 Å². The average Bonchev–Trinajstić information content (AvgIpc) is 2.32. The minimum atomic E-state index is -0.159. The molecule has 2 atom stereocenters. The first-order valence-electron chi connectivity index (χ1n) is 5.59. The predicted octanol–water partition coefficient (Wildman–Crippen LogP) is 2.19. The molecule has 0 amide bonds. The molecular formula is C13H15BrN4. The predicted molar refractivity (Wildman–Crippen MR) is 73.3 cm³/mol. The third-order valence-corrected chi connectivity index (χ3v) is 3.18. The number of halogens is 1. The molecule has 0 saturated heterocycles. The van der Waals surface area contributed by atoms with Crippen LogP contribution in [0.5, 0.6) is 0 Å². The number of rotatable bonds is 5. The van der Waals surface area contributed by atoms with Crippen molar-refractivity contribution in [3.05, 3.63) is 34.3 Å². The van der Waals surface area contributed by atoms with Gasteiger partial charge in [0.2, 0.25) is 0 Å². The lowest BCUT2D eigenvalue weighted by Gasteiger charge is -2.31. The molecule has 0 heterocycles. The van der Waals surface area contributed by atoms with Gasteiger partial charge in [-0.25, -0.2) is 0 Å². The molecule has 0 aliphatic carbocycles. The molecule has 1 aromatic rings. The van der Waals surface area contributed by atoms with E-state index in [0.29, 0.717) is 0 Å². The highest BCUT2D eigenvalue weighted by molar-refractivity contribution is 9.10. The van der Waals surface area contributed by atoms with Crippen molar-refractivity contribution in [1.82, 2.24) is 4.90 Å². The summed E-state index contributed by atoms with van der Waals surface area (Å²) in [5, 5.41) is 17.7. The summed E-state index contributed by atoms with van der Waals surface area (Å²) in [5.41, 5.74) is 7.01. The normalized spacial score (nSPS) is 13.7. The highest BCUT2D eigenvalue weighted by atomic mass is 79.9. The van der Waals surface area contributed by atoms with Crippen molar-refractivity contribution in [2.45, 2.75) is 19.0 Å². The van der Waals surface area contributed by atoms with Gasteiger partial charge in [0.15, 0.2) is 0 Å². The summed E-state index contributed by atoms with van der Waals surface area (Å²) in [6.45, 7) is 2.26. The van der Waals surface area contributed by atoms with Crippen LogP contribution in [0, 0.1) is 22.7 Å². The fourth-order valence-corrected chi connectivity index (χ4v) is 2.21.